The van der Waals surface area contributed by atoms with Crippen LogP contribution >= 0.6 is 0 Å². The Morgan fingerprint density at radius 3 is 0.784 bits per heavy atom. The van der Waals surface area contributed by atoms with E-state index in [0.29, 0.717) is 18.7 Å². The number of hydrogen-bond acceptors (Lipinski definition) is 3. The van der Waals surface area contributed by atoms with Crippen molar-refractivity contribution in [3.05, 3.63) is 12.2 Å². The lowest BCUT2D eigenvalue weighted by Gasteiger charge is -2.12. The maximum absolute atomic E-state index is 12.3. The molecular formula is C70H137NO3. The van der Waals surface area contributed by atoms with E-state index in [9.17, 15) is 14.7 Å². The molecule has 0 radical (unpaired) electrons. The van der Waals surface area contributed by atoms with Gasteiger partial charge in [-0.15, -0.1) is 0 Å². The van der Waals surface area contributed by atoms with Crippen LogP contribution in [0.25, 0.3) is 0 Å². The fraction of sp³-hybridized carbons (Fsp3) is 0.943. The van der Waals surface area contributed by atoms with Gasteiger partial charge in [0.25, 0.3) is 0 Å². The third-order valence-electron chi connectivity index (χ3n) is 16.5. The molecule has 0 aliphatic carbocycles. The first-order valence-corrected chi connectivity index (χ1v) is 34.7. The maximum Gasteiger partial charge on any atom is 0.220 e. The van der Waals surface area contributed by atoms with Gasteiger partial charge >= 0.3 is 0 Å². The molecule has 440 valence electrons. The van der Waals surface area contributed by atoms with Crippen molar-refractivity contribution in [2.24, 2.45) is 0 Å². The summed E-state index contributed by atoms with van der Waals surface area (Å²) in [5.41, 5.74) is 0. The van der Waals surface area contributed by atoms with E-state index in [1.165, 1.54) is 340 Å². The number of rotatable bonds is 66. The number of carbonyl (C=O) groups is 2. The van der Waals surface area contributed by atoms with Crippen molar-refractivity contribution in [1.82, 2.24) is 5.32 Å². The van der Waals surface area contributed by atoms with Crippen molar-refractivity contribution >= 4 is 11.7 Å². The van der Waals surface area contributed by atoms with Crippen molar-refractivity contribution in [1.29, 1.82) is 0 Å². The summed E-state index contributed by atoms with van der Waals surface area (Å²) in [6.07, 6.45) is 86.2. The van der Waals surface area contributed by atoms with Crippen LogP contribution in [0.2, 0.25) is 0 Å². The van der Waals surface area contributed by atoms with Crippen LogP contribution < -0.4 is 5.32 Å². The average Bonchev–Trinajstić information content (AvgIpc) is 3.40. The van der Waals surface area contributed by atoms with Gasteiger partial charge < -0.3 is 10.4 Å². The average molecular weight is 1040 g/mol. The van der Waals surface area contributed by atoms with Crippen LogP contribution in [-0.4, -0.2) is 29.4 Å². The van der Waals surface area contributed by atoms with Gasteiger partial charge in [0.05, 0.1) is 6.10 Å². The summed E-state index contributed by atoms with van der Waals surface area (Å²) in [6.45, 7) is 5.00. The molecule has 4 nitrogen and oxygen atoms in total. The van der Waals surface area contributed by atoms with E-state index in [2.05, 4.69) is 31.3 Å². The Balaban J connectivity index is 3.23. The lowest BCUT2D eigenvalue weighted by molar-refractivity contribution is -0.121. The summed E-state index contributed by atoms with van der Waals surface area (Å²) in [5.74, 6) is 0.638. The molecule has 2 N–H and O–H groups in total. The molecule has 0 spiro atoms. The minimum atomic E-state index is -0.391. The van der Waals surface area contributed by atoms with Gasteiger partial charge in [-0.05, 0) is 51.4 Å². The predicted molar refractivity (Wildman–Crippen MR) is 331 cm³/mol. The van der Waals surface area contributed by atoms with Crippen LogP contribution in [0.15, 0.2) is 12.2 Å². The number of hydrogen-bond donors (Lipinski definition) is 2. The highest BCUT2D eigenvalue weighted by atomic mass is 16.3. The van der Waals surface area contributed by atoms with Gasteiger partial charge in [-0.1, -0.05) is 353 Å². The van der Waals surface area contributed by atoms with Crippen molar-refractivity contribution in [3.63, 3.8) is 0 Å². The number of aliphatic hydroxyl groups is 1. The van der Waals surface area contributed by atoms with Gasteiger partial charge in [-0.25, -0.2) is 0 Å². The fourth-order valence-corrected chi connectivity index (χ4v) is 11.2. The second-order valence-corrected chi connectivity index (χ2v) is 24.2. The van der Waals surface area contributed by atoms with Crippen LogP contribution in [0.4, 0.5) is 0 Å². The molecule has 0 rings (SSSR count). The summed E-state index contributed by atoms with van der Waals surface area (Å²) in [5, 5.41) is 13.3. The van der Waals surface area contributed by atoms with E-state index in [-0.39, 0.29) is 5.91 Å². The highest BCUT2D eigenvalue weighted by Gasteiger charge is 2.08. The second-order valence-electron chi connectivity index (χ2n) is 24.2. The molecule has 0 heterocycles. The second kappa shape index (κ2) is 66.1. The standard InChI is InChI=1S/C70H137NO3/c1-3-5-7-9-11-13-15-17-19-20-30-33-36-40-43-47-51-55-59-63-68(72)64-60-56-52-48-44-41-37-34-31-28-26-24-22-21-23-25-27-29-32-35-38-42-46-50-54-58-62-66-70(74)71-67-69(73)65-61-57-53-49-45-39-18-16-14-12-10-8-6-4-2/h17,19,69,73H,3-16,18,20-67H2,1-2H3,(H,71,74)/b19-17-. The summed E-state index contributed by atoms with van der Waals surface area (Å²) < 4.78 is 0. The Kier molecular flexibility index (Phi) is 65.1. The van der Waals surface area contributed by atoms with E-state index in [1.807, 2.05) is 0 Å². The molecule has 0 aliphatic heterocycles. The van der Waals surface area contributed by atoms with Gasteiger partial charge in [-0.2, -0.15) is 0 Å². The van der Waals surface area contributed by atoms with Crippen LogP contribution in [0, 0.1) is 0 Å². The number of allylic oxidation sites excluding steroid dienone is 2. The molecule has 4 heteroatoms. The van der Waals surface area contributed by atoms with E-state index >= 15 is 0 Å². The Morgan fingerprint density at radius 1 is 0.297 bits per heavy atom. The van der Waals surface area contributed by atoms with Crippen molar-refractivity contribution < 1.29 is 14.7 Å². The first-order chi connectivity index (χ1) is 36.6. The van der Waals surface area contributed by atoms with E-state index < -0.39 is 6.10 Å². The summed E-state index contributed by atoms with van der Waals surface area (Å²) in [4.78, 5) is 24.6. The molecule has 1 unspecified atom stereocenters. The number of ketones is 1. The highest BCUT2D eigenvalue weighted by molar-refractivity contribution is 5.78. The molecule has 74 heavy (non-hydrogen) atoms. The normalized spacial score (nSPS) is 12.1. The third kappa shape index (κ3) is 65.1. The Hall–Kier alpha value is -1.16. The van der Waals surface area contributed by atoms with Crippen molar-refractivity contribution in [2.75, 3.05) is 6.54 Å². The maximum atomic E-state index is 12.3. The Labute approximate surface area is 466 Å². The zero-order valence-corrected chi connectivity index (χ0v) is 51.0. The molecule has 0 saturated heterocycles. The van der Waals surface area contributed by atoms with Crippen molar-refractivity contribution in [3.8, 4) is 0 Å². The molecule has 1 atom stereocenters. The summed E-state index contributed by atoms with van der Waals surface area (Å²) in [6, 6.07) is 0. The minimum Gasteiger partial charge on any atom is -0.391 e. The van der Waals surface area contributed by atoms with Crippen molar-refractivity contribution in [2.45, 2.75) is 418 Å². The Morgan fingerprint density at radius 2 is 0.514 bits per heavy atom. The number of Topliss-reactive ketones (excluding diaryl/α,β-unsaturated/α-hetero) is 1. The molecule has 0 aromatic heterocycles. The largest absolute Gasteiger partial charge is 0.391 e. The fourth-order valence-electron chi connectivity index (χ4n) is 11.2. The first-order valence-electron chi connectivity index (χ1n) is 34.7. The van der Waals surface area contributed by atoms with E-state index in [1.54, 1.807) is 0 Å². The Bertz CT molecular complexity index is 1090. The summed E-state index contributed by atoms with van der Waals surface area (Å²) >= 11 is 0. The molecule has 0 bridgehead atoms. The number of amides is 1. The topological polar surface area (TPSA) is 66.4 Å². The van der Waals surface area contributed by atoms with Crippen LogP contribution in [-0.2, 0) is 9.59 Å². The quantitative estimate of drug-likeness (QED) is 0.0471. The zero-order chi connectivity index (χ0) is 53.4. The van der Waals surface area contributed by atoms with Crippen LogP contribution in [0.5, 0.6) is 0 Å². The van der Waals surface area contributed by atoms with Gasteiger partial charge in [0, 0.05) is 25.8 Å². The monoisotopic (exact) mass is 1040 g/mol. The van der Waals surface area contributed by atoms with Crippen LogP contribution in [0.3, 0.4) is 0 Å². The van der Waals surface area contributed by atoms with Gasteiger partial charge in [0.2, 0.25) is 5.91 Å². The van der Waals surface area contributed by atoms with Gasteiger partial charge in [0.1, 0.15) is 5.78 Å². The van der Waals surface area contributed by atoms with E-state index in [0.717, 1.165) is 51.4 Å². The van der Waals surface area contributed by atoms with E-state index in [4.69, 9.17) is 0 Å². The number of carbonyl (C=O) groups excluding carboxylic acids is 2. The minimum absolute atomic E-state index is 0.117. The van der Waals surface area contributed by atoms with Gasteiger partial charge in [0.15, 0.2) is 0 Å². The molecule has 0 aromatic carbocycles. The number of unbranched alkanes of at least 4 members (excludes halogenated alkanes) is 54. The molecule has 0 saturated carbocycles. The van der Waals surface area contributed by atoms with Gasteiger partial charge in [-0.3, -0.25) is 9.59 Å². The number of aliphatic hydroxyl groups excluding tert-OH is 1. The van der Waals surface area contributed by atoms with Crippen LogP contribution in [0.1, 0.15) is 412 Å². The predicted octanol–water partition coefficient (Wildman–Crippen LogP) is 23.8. The lowest BCUT2D eigenvalue weighted by atomic mass is 10.0. The lowest BCUT2D eigenvalue weighted by Crippen LogP contribution is -2.31. The first kappa shape index (κ1) is 72.8. The third-order valence-corrected chi connectivity index (χ3v) is 16.5. The highest BCUT2D eigenvalue weighted by Crippen LogP contribution is 2.19. The number of nitrogens with one attached hydrogen (secondary N) is 1. The molecule has 0 aliphatic rings. The summed E-state index contributed by atoms with van der Waals surface area (Å²) in [7, 11) is 0. The molecular weight excluding hydrogens is 903 g/mol. The zero-order valence-electron chi connectivity index (χ0n) is 51.0. The smallest absolute Gasteiger partial charge is 0.220 e. The molecule has 1 amide bonds. The molecule has 0 aromatic rings. The SMILES string of the molecule is CCCCCCCC/C=C\CCCCCCCCCCCC(=O)CCCCCCCCCCCCCCCCCCCCCCCCCCCCCC(=O)NCC(O)CCCCCCCCCCCCCCCC. The molecule has 0 fully saturated rings.